The van der Waals surface area contributed by atoms with E-state index in [9.17, 15) is 4.79 Å². The summed E-state index contributed by atoms with van der Waals surface area (Å²) in [5, 5.41) is 11.8. The minimum Gasteiger partial charge on any atom is -0.495 e. The van der Waals surface area contributed by atoms with Crippen molar-refractivity contribution in [1.82, 2.24) is 4.57 Å². The molecule has 0 saturated heterocycles. The molecule has 0 spiro atoms. The number of hydrogen-bond acceptors (Lipinski definition) is 4. The molecule has 0 aliphatic carbocycles. The van der Waals surface area contributed by atoms with Gasteiger partial charge in [0.1, 0.15) is 11.8 Å². The molecule has 0 aliphatic heterocycles. The maximum Gasteiger partial charge on any atom is 0.259 e. The first-order valence-corrected chi connectivity index (χ1v) is 7.24. The van der Waals surface area contributed by atoms with Gasteiger partial charge in [-0.05, 0) is 35.2 Å². The lowest BCUT2D eigenvalue weighted by Crippen LogP contribution is -2.19. The molecule has 5 heteroatoms. The van der Waals surface area contributed by atoms with E-state index in [1.165, 1.54) is 7.11 Å². The van der Waals surface area contributed by atoms with Gasteiger partial charge in [0.25, 0.3) is 5.56 Å². The summed E-state index contributed by atoms with van der Waals surface area (Å²) in [5.41, 5.74) is 1.35. The van der Waals surface area contributed by atoms with Crippen LogP contribution in [0.2, 0.25) is 0 Å². The molecule has 3 rings (SSSR count). The number of thiophene rings is 1. The number of nitrogens with zero attached hydrogens (tertiary/aromatic N) is 2. The van der Waals surface area contributed by atoms with Crippen LogP contribution in [0.3, 0.4) is 0 Å². The zero-order valence-electron chi connectivity index (χ0n) is 11.4. The SMILES string of the molecule is COc1ccc(Cn2ccc3sccc3c2=O)cc1C#N. The molecule has 0 N–H and O–H groups in total. The molecule has 0 aliphatic rings. The largest absolute Gasteiger partial charge is 0.495 e. The molecule has 4 nitrogen and oxygen atoms in total. The number of aromatic nitrogens is 1. The van der Waals surface area contributed by atoms with Gasteiger partial charge in [0.15, 0.2) is 0 Å². The molecule has 1 aromatic carbocycles. The summed E-state index contributed by atoms with van der Waals surface area (Å²) < 4.78 is 7.76. The normalized spacial score (nSPS) is 10.5. The van der Waals surface area contributed by atoms with E-state index < -0.39 is 0 Å². The summed E-state index contributed by atoms with van der Waals surface area (Å²) in [7, 11) is 1.53. The summed E-state index contributed by atoms with van der Waals surface area (Å²) in [6.07, 6.45) is 1.79. The lowest BCUT2D eigenvalue weighted by molar-refractivity contribution is 0.413. The van der Waals surface area contributed by atoms with Crippen LogP contribution >= 0.6 is 11.3 Å². The molecular weight excluding hydrogens is 284 g/mol. The van der Waals surface area contributed by atoms with Crippen molar-refractivity contribution >= 4 is 21.4 Å². The number of hydrogen-bond donors (Lipinski definition) is 0. The van der Waals surface area contributed by atoms with E-state index in [2.05, 4.69) is 6.07 Å². The minimum absolute atomic E-state index is 0.0110. The van der Waals surface area contributed by atoms with Crippen LogP contribution in [0.4, 0.5) is 0 Å². The maximum absolute atomic E-state index is 12.4. The van der Waals surface area contributed by atoms with Gasteiger partial charge in [0.2, 0.25) is 0 Å². The number of ether oxygens (including phenoxy) is 1. The fourth-order valence-electron chi connectivity index (χ4n) is 2.27. The minimum atomic E-state index is -0.0110. The number of pyridine rings is 1. The average molecular weight is 296 g/mol. The van der Waals surface area contributed by atoms with Gasteiger partial charge >= 0.3 is 0 Å². The molecule has 21 heavy (non-hydrogen) atoms. The Balaban J connectivity index is 2.01. The highest BCUT2D eigenvalue weighted by Gasteiger charge is 2.07. The third kappa shape index (κ3) is 2.41. The smallest absolute Gasteiger partial charge is 0.259 e. The Labute approximate surface area is 125 Å². The molecule has 104 valence electrons. The molecular formula is C16H12N2O2S. The van der Waals surface area contributed by atoms with Gasteiger partial charge in [-0.2, -0.15) is 5.26 Å². The fraction of sp³-hybridized carbons (Fsp3) is 0.125. The van der Waals surface area contributed by atoms with Crippen molar-refractivity contribution in [3.05, 3.63) is 63.4 Å². The zero-order valence-corrected chi connectivity index (χ0v) is 12.2. The first-order valence-electron chi connectivity index (χ1n) is 6.36. The van der Waals surface area contributed by atoms with E-state index in [-0.39, 0.29) is 5.56 Å². The second kappa shape index (κ2) is 5.43. The third-order valence-electron chi connectivity index (χ3n) is 3.33. The van der Waals surface area contributed by atoms with Crippen LogP contribution in [0.15, 0.2) is 46.7 Å². The van der Waals surface area contributed by atoms with Crippen molar-refractivity contribution in [3.63, 3.8) is 0 Å². The topological polar surface area (TPSA) is 55.0 Å². The lowest BCUT2D eigenvalue weighted by atomic mass is 10.1. The Hall–Kier alpha value is -2.58. The van der Waals surface area contributed by atoms with E-state index >= 15 is 0 Å². The van der Waals surface area contributed by atoms with Gasteiger partial charge in [-0.3, -0.25) is 4.79 Å². The van der Waals surface area contributed by atoms with E-state index in [4.69, 9.17) is 10.00 Å². The van der Waals surface area contributed by atoms with Crippen LogP contribution < -0.4 is 10.3 Å². The van der Waals surface area contributed by atoms with Gasteiger partial charge in [0.05, 0.1) is 24.6 Å². The van der Waals surface area contributed by atoms with Crippen molar-refractivity contribution in [3.8, 4) is 11.8 Å². The first-order chi connectivity index (χ1) is 10.2. The second-order valence-corrected chi connectivity index (χ2v) is 5.54. The molecule has 2 aromatic heterocycles. The molecule has 0 fully saturated rings. The van der Waals surface area contributed by atoms with Crippen LogP contribution in [0.1, 0.15) is 11.1 Å². The summed E-state index contributed by atoms with van der Waals surface area (Å²) >= 11 is 1.55. The molecule has 0 unspecified atom stereocenters. The Morgan fingerprint density at radius 3 is 2.95 bits per heavy atom. The van der Waals surface area contributed by atoms with Gasteiger partial charge in [-0.15, -0.1) is 11.3 Å². The average Bonchev–Trinajstić information content (AvgIpc) is 2.99. The Morgan fingerprint density at radius 2 is 2.19 bits per heavy atom. The Kier molecular flexibility index (Phi) is 3.46. The molecule has 0 amide bonds. The van der Waals surface area contributed by atoms with Gasteiger partial charge in [-0.25, -0.2) is 0 Å². The van der Waals surface area contributed by atoms with Crippen molar-refractivity contribution in [2.24, 2.45) is 0 Å². The van der Waals surface area contributed by atoms with E-state index in [0.717, 1.165) is 15.6 Å². The number of methoxy groups -OCH3 is 1. The van der Waals surface area contributed by atoms with Gasteiger partial charge in [-0.1, -0.05) is 6.07 Å². The van der Waals surface area contributed by atoms with Crippen LogP contribution in [0, 0.1) is 11.3 Å². The standard InChI is InChI=1S/C16H12N2O2S/c1-20-14-3-2-11(8-12(14)9-17)10-18-6-4-15-13(16(18)19)5-7-21-15/h2-8H,10H2,1H3. The zero-order chi connectivity index (χ0) is 14.8. The molecule has 2 heterocycles. The van der Waals surface area contributed by atoms with Crippen molar-refractivity contribution in [2.45, 2.75) is 6.54 Å². The highest BCUT2D eigenvalue weighted by Crippen LogP contribution is 2.20. The predicted molar refractivity (Wildman–Crippen MR) is 82.9 cm³/mol. The molecule has 0 saturated carbocycles. The molecule has 0 bridgehead atoms. The van der Waals surface area contributed by atoms with Crippen molar-refractivity contribution in [2.75, 3.05) is 7.11 Å². The van der Waals surface area contributed by atoms with Crippen LogP contribution in [0.25, 0.3) is 10.1 Å². The molecule has 3 aromatic rings. The molecule has 0 radical (unpaired) electrons. The van der Waals surface area contributed by atoms with Crippen LogP contribution in [-0.4, -0.2) is 11.7 Å². The second-order valence-electron chi connectivity index (χ2n) is 4.59. The Morgan fingerprint density at radius 1 is 1.33 bits per heavy atom. The first kappa shape index (κ1) is 13.4. The van der Waals surface area contributed by atoms with Gasteiger partial charge in [0, 0.05) is 10.9 Å². The van der Waals surface area contributed by atoms with Crippen LogP contribution in [-0.2, 0) is 6.54 Å². The number of nitriles is 1. The highest BCUT2D eigenvalue weighted by atomic mass is 32.1. The molecule has 0 atom stereocenters. The predicted octanol–water partition coefficient (Wildman–Crippen LogP) is 2.99. The summed E-state index contributed by atoms with van der Waals surface area (Å²) in [6, 6.07) is 11.3. The maximum atomic E-state index is 12.4. The third-order valence-corrected chi connectivity index (χ3v) is 4.21. The summed E-state index contributed by atoms with van der Waals surface area (Å²) in [4.78, 5) is 12.4. The lowest BCUT2D eigenvalue weighted by Gasteiger charge is -2.08. The number of fused-ring (bicyclic) bond motifs is 1. The fourth-order valence-corrected chi connectivity index (χ4v) is 3.04. The monoisotopic (exact) mass is 296 g/mol. The van der Waals surface area contributed by atoms with Crippen molar-refractivity contribution in [1.29, 1.82) is 5.26 Å². The Bertz CT molecular complexity index is 903. The van der Waals surface area contributed by atoms with Gasteiger partial charge < -0.3 is 9.30 Å². The van der Waals surface area contributed by atoms with Crippen LogP contribution in [0.5, 0.6) is 5.75 Å². The number of rotatable bonds is 3. The van der Waals surface area contributed by atoms with E-state index in [1.807, 2.05) is 23.6 Å². The highest BCUT2D eigenvalue weighted by molar-refractivity contribution is 7.17. The number of benzene rings is 1. The van der Waals surface area contributed by atoms with E-state index in [1.54, 1.807) is 34.2 Å². The van der Waals surface area contributed by atoms with E-state index in [0.29, 0.717) is 17.9 Å². The van der Waals surface area contributed by atoms with Crippen molar-refractivity contribution < 1.29 is 4.74 Å². The summed E-state index contributed by atoms with van der Waals surface area (Å²) in [5.74, 6) is 0.543. The summed E-state index contributed by atoms with van der Waals surface area (Å²) in [6.45, 7) is 0.434. The quantitative estimate of drug-likeness (QED) is 0.746.